The van der Waals surface area contributed by atoms with E-state index in [1.807, 2.05) is 37.8 Å². The van der Waals surface area contributed by atoms with E-state index in [4.69, 9.17) is 4.42 Å². The van der Waals surface area contributed by atoms with Crippen LogP contribution in [-0.4, -0.2) is 22.8 Å². The van der Waals surface area contributed by atoms with Crippen LogP contribution in [-0.2, 0) is 11.3 Å². The fourth-order valence-electron chi connectivity index (χ4n) is 2.31. The topological polar surface area (TPSA) is 33.2 Å². The highest BCUT2D eigenvalue weighted by Crippen LogP contribution is 2.36. The van der Waals surface area contributed by atoms with Crippen LogP contribution in [0.2, 0.25) is 0 Å². The van der Waals surface area contributed by atoms with Crippen molar-refractivity contribution in [1.29, 1.82) is 0 Å². The minimum absolute atomic E-state index is 0.0162. The molecule has 1 aliphatic carbocycles. The summed E-state index contributed by atoms with van der Waals surface area (Å²) >= 11 is 0. The number of furan rings is 1. The molecule has 0 bridgehead atoms. The Morgan fingerprint density at radius 2 is 2.18 bits per heavy atom. The van der Waals surface area contributed by atoms with Crippen LogP contribution in [0, 0.1) is 31.6 Å². The predicted molar refractivity (Wildman–Crippen MR) is 63.0 cm³/mol. The standard InChI is InChI=1S/C14H14NO2/c1-10-13(14(16)11-5-2-3-6-11)15(10)9-12-7-4-8-17-12/h2-8,10,13H,9H2,1H3/t10-,13-,15?/m0/s1. The fourth-order valence-corrected chi connectivity index (χ4v) is 2.31. The second-order valence-corrected chi connectivity index (χ2v) is 4.47. The van der Waals surface area contributed by atoms with Crippen molar-refractivity contribution in [2.45, 2.75) is 25.6 Å². The maximum Gasteiger partial charge on any atom is 0.159 e. The monoisotopic (exact) mass is 228 g/mol. The first-order valence-corrected chi connectivity index (χ1v) is 5.81. The van der Waals surface area contributed by atoms with Gasteiger partial charge in [0.1, 0.15) is 5.76 Å². The first-order valence-electron chi connectivity index (χ1n) is 5.81. The highest BCUT2D eigenvalue weighted by atomic mass is 16.3. The summed E-state index contributed by atoms with van der Waals surface area (Å²) in [6.07, 6.45) is 9.21. The van der Waals surface area contributed by atoms with E-state index in [-0.39, 0.29) is 11.8 Å². The van der Waals surface area contributed by atoms with Gasteiger partial charge in [0.25, 0.3) is 0 Å². The van der Waals surface area contributed by atoms with Crippen molar-refractivity contribution >= 4 is 5.78 Å². The van der Waals surface area contributed by atoms with Crippen LogP contribution in [0.3, 0.4) is 0 Å². The third kappa shape index (κ3) is 2.04. The smallest absolute Gasteiger partial charge is 0.159 e. The summed E-state index contributed by atoms with van der Waals surface area (Å²) in [6, 6.07) is 4.14. The number of Topliss-reactive ketones (excluding diaryl/α,β-unsaturated/α-hetero) is 1. The second-order valence-electron chi connectivity index (χ2n) is 4.47. The Balaban J connectivity index is 1.60. The molecule has 1 aromatic rings. The third-order valence-electron chi connectivity index (χ3n) is 3.38. The van der Waals surface area contributed by atoms with Gasteiger partial charge in [-0.15, -0.1) is 0 Å². The maximum atomic E-state index is 12.1. The van der Waals surface area contributed by atoms with Crippen molar-refractivity contribution in [2.24, 2.45) is 0 Å². The van der Waals surface area contributed by atoms with Gasteiger partial charge in [0.05, 0.1) is 24.8 Å². The molecule has 0 aromatic carbocycles. The quantitative estimate of drug-likeness (QED) is 0.737. The lowest BCUT2D eigenvalue weighted by molar-refractivity contribution is -0.117. The third-order valence-corrected chi connectivity index (χ3v) is 3.38. The molecule has 2 heterocycles. The molecule has 0 spiro atoms. The average molecular weight is 228 g/mol. The van der Waals surface area contributed by atoms with Crippen LogP contribution >= 0.6 is 0 Å². The van der Waals surface area contributed by atoms with Gasteiger partial charge in [-0.3, -0.25) is 9.69 Å². The minimum Gasteiger partial charge on any atom is -0.468 e. The van der Waals surface area contributed by atoms with Crippen LogP contribution in [0.1, 0.15) is 12.7 Å². The molecule has 3 nitrogen and oxygen atoms in total. The normalized spacial score (nSPS) is 32.9. The number of rotatable bonds is 4. The molecule has 5 radical (unpaired) electrons. The van der Waals surface area contributed by atoms with Gasteiger partial charge in [0.2, 0.25) is 0 Å². The van der Waals surface area contributed by atoms with Gasteiger partial charge in [-0.1, -0.05) is 0 Å². The van der Waals surface area contributed by atoms with E-state index in [9.17, 15) is 4.79 Å². The molecule has 87 valence electrons. The number of carbonyl (C=O) groups is 1. The summed E-state index contributed by atoms with van der Waals surface area (Å²) in [5, 5.41) is 0. The lowest BCUT2D eigenvalue weighted by atomic mass is 9.99. The van der Waals surface area contributed by atoms with E-state index in [0.29, 0.717) is 12.6 Å². The Hall–Kier alpha value is -1.09. The maximum absolute atomic E-state index is 12.1. The molecule has 2 fully saturated rings. The fraction of sp³-hybridized carbons (Fsp3) is 0.286. The molecule has 0 amide bonds. The van der Waals surface area contributed by atoms with E-state index in [0.717, 1.165) is 11.7 Å². The zero-order chi connectivity index (χ0) is 11.8. The van der Waals surface area contributed by atoms with Crippen LogP contribution < -0.4 is 0 Å². The number of ketones is 1. The Morgan fingerprint density at radius 3 is 2.82 bits per heavy atom. The molecule has 1 saturated heterocycles. The van der Waals surface area contributed by atoms with Gasteiger partial charge >= 0.3 is 0 Å². The summed E-state index contributed by atoms with van der Waals surface area (Å²) < 4.78 is 5.30. The van der Waals surface area contributed by atoms with Gasteiger partial charge in [-0.05, 0) is 44.7 Å². The largest absolute Gasteiger partial charge is 0.468 e. The molecule has 3 heteroatoms. The molecular weight excluding hydrogens is 214 g/mol. The zero-order valence-corrected chi connectivity index (χ0v) is 9.67. The van der Waals surface area contributed by atoms with Crippen molar-refractivity contribution in [1.82, 2.24) is 4.90 Å². The first-order chi connectivity index (χ1) is 8.27. The summed E-state index contributed by atoms with van der Waals surface area (Å²) in [4.78, 5) is 14.3. The van der Waals surface area contributed by atoms with Crippen LogP contribution in [0.15, 0.2) is 22.8 Å². The van der Waals surface area contributed by atoms with Crippen LogP contribution in [0.4, 0.5) is 0 Å². The van der Waals surface area contributed by atoms with Gasteiger partial charge in [0.15, 0.2) is 5.78 Å². The molecular formula is C14H14NO2. The Labute approximate surface area is 102 Å². The number of hydrogen-bond acceptors (Lipinski definition) is 3. The van der Waals surface area contributed by atoms with Gasteiger partial charge in [0, 0.05) is 6.04 Å². The van der Waals surface area contributed by atoms with Crippen molar-refractivity contribution in [3.05, 3.63) is 55.8 Å². The molecule has 1 aliphatic heterocycles. The number of nitrogens with zero attached hydrogens (tertiary/aromatic N) is 1. The number of carbonyl (C=O) groups excluding carboxylic acids is 1. The van der Waals surface area contributed by atoms with Crippen molar-refractivity contribution in [2.75, 3.05) is 0 Å². The van der Waals surface area contributed by atoms with Gasteiger partial charge in [-0.25, -0.2) is 0 Å². The van der Waals surface area contributed by atoms with E-state index in [1.54, 1.807) is 6.26 Å². The summed E-state index contributed by atoms with van der Waals surface area (Å²) in [5.74, 6) is 1.94. The average Bonchev–Trinajstić information content (AvgIpc) is 2.85. The Kier molecular flexibility index (Phi) is 2.79. The summed E-state index contributed by atoms with van der Waals surface area (Å²) in [6.45, 7) is 2.79. The van der Waals surface area contributed by atoms with Crippen LogP contribution in [0.25, 0.3) is 0 Å². The first kappa shape index (κ1) is 11.0. The van der Waals surface area contributed by atoms with Gasteiger partial charge in [-0.2, -0.15) is 0 Å². The predicted octanol–water partition coefficient (Wildman–Crippen LogP) is 1.83. The van der Waals surface area contributed by atoms with Crippen molar-refractivity contribution < 1.29 is 9.21 Å². The molecule has 3 atom stereocenters. The lowest BCUT2D eigenvalue weighted by Crippen LogP contribution is -2.20. The SMILES string of the molecule is C[C@H]1[C@@H](C(=O)[C]2[CH][CH][CH][CH]2)N1Cc1ccco1. The molecule has 2 aliphatic rings. The Bertz CT molecular complexity index is 392. The number of hydrogen-bond donors (Lipinski definition) is 0. The van der Waals surface area contributed by atoms with E-state index in [1.165, 1.54) is 0 Å². The highest BCUT2D eigenvalue weighted by molar-refractivity contribution is 6.03. The molecule has 1 saturated carbocycles. The van der Waals surface area contributed by atoms with Crippen molar-refractivity contribution in [3.8, 4) is 0 Å². The van der Waals surface area contributed by atoms with E-state index >= 15 is 0 Å². The van der Waals surface area contributed by atoms with Crippen molar-refractivity contribution in [3.63, 3.8) is 0 Å². The second kappa shape index (κ2) is 4.30. The lowest BCUT2D eigenvalue weighted by Gasteiger charge is -2.05. The van der Waals surface area contributed by atoms with E-state index in [2.05, 4.69) is 11.8 Å². The Morgan fingerprint density at radius 1 is 1.41 bits per heavy atom. The zero-order valence-electron chi connectivity index (χ0n) is 9.67. The van der Waals surface area contributed by atoms with E-state index < -0.39 is 0 Å². The molecule has 1 unspecified atom stereocenters. The molecule has 1 aromatic heterocycles. The summed E-state index contributed by atoms with van der Waals surface area (Å²) in [7, 11) is 0. The molecule has 0 N–H and O–H groups in total. The van der Waals surface area contributed by atoms with Crippen LogP contribution in [0.5, 0.6) is 0 Å². The summed E-state index contributed by atoms with van der Waals surface area (Å²) in [5.41, 5.74) is 0. The van der Waals surface area contributed by atoms with Gasteiger partial charge < -0.3 is 4.42 Å². The minimum atomic E-state index is 0.0162. The molecule has 17 heavy (non-hydrogen) atoms. The molecule has 3 rings (SSSR count). The highest BCUT2D eigenvalue weighted by Gasteiger charge is 2.51.